The van der Waals surface area contributed by atoms with Crippen molar-refractivity contribution in [2.75, 3.05) is 19.8 Å². The van der Waals surface area contributed by atoms with Gasteiger partial charge in [0.15, 0.2) is 11.5 Å². The molecular weight excluding hydrogens is 342 g/mol. The molecule has 3 aromatic rings. The molecule has 27 heavy (non-hydrogen) atoms. The monoisotopic (exact) mass is 363 g/mol. The summed E-state index contributed by atoms with van der Waals surface area (Å²) in [5.74, 6) is 2.90. The van der Waals surface area contributed by atoms with Gasteiger partial charge in [-0.25, -0.2) is 0 Å². The Hall–Kier alpha value is -2.86. The molecule has 2 aliphatic heterocycles. The number of hydrogen-bond donors (Lipinski definition) is 0. The standard InChI is InChI=1S/C21H21N3O3/c1-2-5-15(6-3-1)21-23-22-20(27-21)14-24-10-4-7-17(24)16-8-9-18-19(13-16)26-12-11-25-18/h1-3,5-6,8-9,13,17H,4,7,10-12,14H2. The van der Waals surface area contributed by atoms with Gasteiger partial charge < -0.3 is 13.9 Å². The van der Waals surface area contributed by atoms with Crippen molar-refractivity contribution in [2.45, 2.75) is 25.4 Å². The van der Waals surface area contributed by atoms with Crippen molar-refractivity contribution in [2.24, 2.45) is 0 Å². The predicted octanol–water partition coefficient (Wildman–Crippen LogP) is 3.84. The van der Waals surface area contributed by atoms with E-state index < -0.39 is 0 Å². The fraction of sp³-hybridized carbons (Fsp3) is 0.333. The van der Waals surface area contributed by atoms with Crippen LogP contribution in [0.15, 0.2) is 52.9 Å². The zero-order valence-electron chi connectivity index (χ0n) is 15.0. The maximum absolute atomic E-state index is 5.90. The van der Waals surface area contributed by atoms with Crippen LogP contribution in [0.2, 0.25) is 0 Å². The predicted molar refractivity (Wildman–Crippen MR) is 99.6 cm³/mol. The van der Waals surface area contributed by atoms with E-state index in [1.54, 1.807) is 0 Å². The Morgan fingerprint density at radius 3 is 2.70 bits per heavy atom. The van der Waals surface area contributed by atoms with Gasteiger partial charge in [0.05, 0.1) is 6.54 Å². The van der Waals surface area contributed by atoms with E-state index in [-0.39, 0.29) is 0 Å². The molecule has 3 heterocycles. The van der Waals surface area contributed by atoms with E-state index in [1.165, 1.54) is 5.56 Å². The van der Waals surface area contributed by atoms with Crippen molar-refractivity contribution < 1.29 is 13.9 Å². The number of aromatic nitrogens is 2. The summed E-state index contributed by atoms with van der Waals surface area (Å²) in [4.78, 5) is 2.40. The van der Waals surface area contributed by atoms with Crippen molar-refractivity contribution in [1.29, 1.82) is 0 Å². The van der Waals surface area contributed by atoms with E-state index in [2.05, 4.69) is 27.2 Å². The lowest BCUT2D eigenvalue weighted by Gasteiger charge is -2.25. The lowest BCUT2D eigenvalue weighted by molar-refractivity contribution is 0.170. The topological polar surface area (TPSA) is 60.6 Å². The zero-order valence-corrected chi connectivity index (χ0v) is 15.0. The first-order valence-electron chi connectivity index (χ1n) is 9.38. The van der Waals surface area contributed by atoms with Crippen LogP contribution in [0.3, 0.4) is 0 Å². The SMILES string of the molecule is c1ccc(-c2nnc(CN3CCCC3c3ccc4c(c3)OCCO4)o2)cc1. The summed E-state index contributed by atoms with van der Waals surface area (Å²) >= 11 is 0. The fourth-order valence-electron chi connectivity index (χ4n) is 3.85. The first kappa shape index (κ1) is 16.3. The van der Waals surface area contributed by atoms with Gasteiger partial charge in [0, 0.05) is 11.6 Å². The number of hydrogen-bond acceptors (Lipinski definition) is 6. The van der Waals surface area contributed by atoms with Crippen molar-refractivity contribution in [3.63, 3.8) is 0 Å². The molecule has 1 aromatic heterocycles. The Kier molecular flexibility index (Phi) is 4.26. The molecule has 1 atom stereocenters. The summed E-state index contributed by atoms with van der Waals surface area (Å²) in [6, 6.07) is 16.5. The Bertz CT molecular complexity index is 925. The molecule has 5 rings (SSSR count). The Labute approximate surface area is 157 Å². The van der Waals surface area contributed by atoms with Gasteiger partial charge in [-0.1, -0.05) is 24.3 Å². The zero-order chi connectivity index (χ0) is 18.1. The van der Waals surface area contributed by atoms with E-state index in [0.717, 1.165) is 36.4 Å². The van der Waals surface area contributed by atoms with Crippen LogP contribution in [0.1, 0.15) is 30.3 Å². The molecule has 1 saturated heterocycles. The second-order valence-electron chi connectivity index (χ2n) is 6.90. The van der Waals surface area contributed by atoms with E-state index >= 15 is 0 Å². The number of likely N-dealkylation sites (tertiary alicyclic amines) is 1. The number of benzene rings is 2. The number of rotatable bonds is 4. The number of ether oxygens (including phenoxy) is 2. The Balaban J connectivity index is 1.34. The second-order valence-corrected chi connectivity index (χ2v) is 6.90. The molecule has 1 fully saturated rings. The molecule has 2 aromatic carbocycles. The molecule has 0 N–H and O–H groups in total. The van der Waals surface area contributed by atoms with Gasteiger partial charge in [-0.15, -0.1) is 10.2 Å². The molecule has 0 saturated carbocycles. The van der Waals surface area contributed by atoms with Crippen molar-refractivity contribution in [3.05, 3.63) is 60.0 Å². The quantitative estimate of drug-likeness (QED) is 0.702. The smallest absolute Gasteiger partial charge is 0.247 e. The largest absolute Gasteiger partial charge is 0.486 e. The van der Waals surface area contributed by atoms with Crippen LogP contribution in [0.5, 0.6) is 11.5 Å². The lowest BCUT2D eigenvalue weighted by Crippen LogP contribution is -2.23. The van der Waals surface area contributed by atoms with Crippen LogP contribution in [0.4, 0.5) is 0 Å². The first-order valence-corrected chi connectivity index (χ1v) is 9.38. The molecule has 0 spiro atoms. The van der Waals surface area contributed by atoms with Crippen LogP contribution in [0.25, 0.3) is 11.5 Å². The summed E-state index contributed by atoms with van der Waals surface area (Å²) in [6.45, 7) is 2.89. The van der Waals surface area contributed by atoms with Gasteiger partial charge in [-0.3, -0.25) is 4.90 Å². The average molecular weight is 363 g/mol. The fourth-order valence-corrected chi connectivity index (χ4v) is 3.85. The highest BCUT2D eigenvalue weighted by atomic mass is 16.6. The molecule has 6 heteroatoms. The highest BCUT2D eigenvalue weighted by Crippen LogP contribution is 2.38. The van der Waals surface area contributed by atoms with E-state index in [9.17, 15) is 0 Å². The second kappa shape index (κ2) is 7.04. The van der Waals surface area contributed by atoms with Gasteiger partial charge >= 0.3 is 0 Å². The van der Waals surface area contributed by atoms with Crippen LogP contribution < -0.4 is 9.47 Å². The summed E-state index contributed by atoms with van der Waals surface area (Å²) < 4.78 is 17.3. The average Bonchev–Trinajstić information content (AvgIpc) is 3.38. The van der Waals surface area contributed by atoms with Crippen LogP contribution in [0, 0.1) is 0 Å². The third kappa shape index (κ3) is 3.28. The van der Waals surface area contributed by atoms with Gasteiger partial charge in [-0.05, 0) is 49.2 Å². The minimum atomic E-state index is 0.327. The molecule has 0 radical (unpaired) electrons. The van der Waals surface area contributed by atoms with Gasteiger partial charge in [-0.2, -0.15) is 0 Å². The summed E-state index contributed by atoms with van der Waals surface area (Å²) in [6.07, 6.45) is 2.26. The third-order valence-corrected chi connectivity index (χ3v) is 5.14. The van der Waals surface area contributed by atoms with Gasteiger partial charge in [0.2, 0.25) is 11.8 Å². The normalized spacial score (nSPS) is 19.3. The van der Waals surface area contributed by atoms with E-state index in [4.69, 9.17) is 13.9 Å². The molecule has 138 valence electrons. The molecule has 0 bridgehead atoms. The molecule has 1 unspecified atom stereocenters. The molecule has 0 aliphatic carbocycles. The van der Waals surface area contributed by atoms with Crippen LogP contribution in [-0.2, 0) is 6.54 Å². The summed E-state index contributed by atoms with van der Waals surface area (Å²) in [7, 11) is 0. The van der Waals surface area contributed by atoms with Crippen LogP contribution in [-0.4, -0.2) is 34.9 Å². The maximum atomic E-state index is 5.90. The highest BCUT2D eigenvalue weighted by molar-refractivity contribution is 5.51. The van der Waals surface area contributed by atoms with Gasteiger partial charge in [0.25, 0.3) is 0 Å². The highest BCUT2D eigenvalue weighted by Gasteiger charge is 2.28. The van der Waals surface area contributed by atoms with Crippen molar-refractivity contribution in [3.8, 4) is 23.0 Å². The lowest BCUT2D eigenvalue weighted by atomic mass is 10.0. The number of fused-ring (bicyclic) bond motifs is 1. The van der Waals surface area contributed by atoms with E-state index in [0.29, 0.717) is 37.6 Å². The minimum Gasteiger partial charge on any atom is -0.486 e. The first-order chi connectivity index (χ1) is 13.4. The van der Waals surface area contributed by atoms with Gasteiger partial charge in [0.1, 0.15) is 13.2 Å². The number of nitrogens with zero attached hydrogens (tertiary/aromatic N) is 3. The summed E-state index contributed by atoms with van der Waals surface area (Å²) in [5, 5.41) is 8.46. The molecule has 6 nitrogen and oxygen atoms in total. The molecule has 0 amide bonds. The summed E-state index contributed by atoms with van der Waals surface area (Å²) in [5.41, 5.74) is 2.20. The van der Waals surface area contributed by atoms with Crippen molar-refractivity contribution >= 4 is 0 Å². The Morgan fingerprint density at radius 2 is 1.81 bits per heavy atom. The molecule has 2 aliphatic rings. The minimum absolute atomic E-state index is 0.327. The van der Waals surface area contributed by atoms with E-state index in [1.807, 2.05) is 36.4 Å². The third-order valence-electron chi connectivity index (χ3n) is 5.14. The van der Waals surface area contributed by atoms with Crippen molar-refractivity contribution in [1.82, 2.24) is 15.1 Å². The Morgan fingerprint density at radius 1 is 0.963 bits per heavy atom. The molecular formula is C21H21N3O3. The van der Waals surface area contributed by atoms with Crippen LogP contribution >= 0.6 is 0 Å². The maximum Gasteiger partial charge on any atom is 0.247 e.